The van der Waals surface area contributed by atoms with E-state index in [4.69, 9.17) is 4.74 Å². The van der Waals surface area contributed by atoms with Crippen molar-refractivity contribution in [1.29, 1.82) is 0 Å². The fourth-order valence-corrected chi connectivity index (χ4v) is 1.49. The minimum Gasteiger partial charge on any atom is -0.459 e. The Balaban J connectivity index is 2.46. The fraction of sp³-hybridized carbons (Fsp3) is 0.875. The maximum atomic E-state index is 10.7. The zero-order chi connectivity index (χ0) is 9.14. The summed E-state index contributed by atoms with van der Waals surface area (Å²) >= 11 is 0. The van der Waals surface area contributed by atoms with Gasteiger partial charge in [-0.1, -0.05) is 0 Å². The van der Waals surface area contributed by atoms with Crippen molar-refractivity contribution in [2.24, 2.45) is 0 Å². The molecule has 1 saturated heterocycles. The number of nitrogens with one attached hydrogen (secondary N) is 1. The Bertz CT molecular complexity index is 170. The molecule has 0 bridgehead atoms. The van der Waals surface area contributed by atoms with Gasteiger partial charge in [0.15, 0.2) is 0 Å². The Kier molecular flexibility index (Phi) is 3.05. The van der Waals surface area contributed by atoms with Crippen LogP contribution in [-0.2, 0) is 9.53 Å². The third-order valence-electron chi connectivity index (χ3n) is 2.11. The SMILES string of the molecule is CC(=O)OC1CNCC1N(C)C. The third-order valence-corrected chi connectivity index (χ3v) is 2.11. The van der Waals surface area contributed by atoms with E-state index in [1.807, 2.05) is 14.1 Å². The second-order valence-corrected chi connectivity index (χ2v) is 3.34. The summed E-state index contributed by atoms with van der Waals surface area (Å²) in [6.45, 7) is 3.11. The zero-order valence-corrected chi connectivity index (χ0v) is 7.83. The molecule has 0 spiro atoms. The van der Waals surface area contributed by atoms with Gasteiger partial charge in [-0.05, 0) is 14.1 Å². The topological polar surface area (TPSA) is 41.6 Å². The summed E-state index contributed by atoms with van der Waals surface area (Å²) in [6, 6.07) is 0.314. The first-order valence-electron chi connectivity index (χ1n) is 4.15. The lowest BCUT2D eigenvalue weighted by Gasteiger charge is -2.24. The van der Waals surface area contributed by atoms with Crippen LogP contribution in [0.15, 0.2) is 0 Å². The smallest absolute Gasteiger partial charge is 0.303 e. The first-order valence-corrected chi connectivity index (χ1v) is 4.15. The van der Waals surface area contributed by atoms with E-state index in [9.17, 15) is 4.79 Å². The summed E-state index contributed by atoms with van der Waals surface area (Å²) in [4.78, 5) is 12.8. The molecule has 12 heavy (non-hydrogen) atoms. The highest BCUT2D eigenvalue weighted by atomic mass is 16.5. The van der Waals surface area contributed by atoms with Crippen molar-refractivity contribution < 1.29 is 9.53 Å². The van der Waals surface area contributed by atoms with Crippen LogP contribution in [0.1, 0.15) is 6.92 Å². The molecule has 70 valence electrons. The van der Waals surface area contributed by atoms with Crippen molar-refractivity contribution in [1.82, 2.24) is 10.2 Å². The molecule has 4 heteroatoms. The number of hydrogen-bond donors (Lipinski definition) is 1. The Morgan fingerprint density at radius 1 is 1.50 bits per heavy atom. The lowest BCUT2D eigenvalue weighted by molar-refractivity contribution is -0.147. The normalized spacial score (nSPS) is 29.3. The molecular formula is C8H16N2O2. The average molecular weight is 172 g/mol. The molecule has 2 atom stereocenters. The van der Waals surface area contributed by atoms with E-state index in [0.29, 0.717) is 6.04 Å². The minimum absolute atomic E-state index is 0.0116. The molecule has 0 saturated carbocycles. The lowest BCUT2D eigenvalue weighted by Crippen LogP contribution is -2.40. The Morgan fingerprint density at radius 2 is 2.17 bits per heavy atom. The maximum Gasteiger partial charge on any atom is 0.303 e. The maximum absolute atomic E-state index is 10.7. The number of rotatable bonds is 2. The molecular weight excluding hydrogens is 156 g/mol. The van der Waals surface area contributed by atoms with Crippen molar-refractivity contribution in [2.75, 3.05) is 27.2 Å². The number of hydrogen-bond acceptors (Lipinski definition) is 4. The van der Waals surface area contributed by atoms with Gasteiger partial charge in [-0.15, -0.1) is 0 Å². The first kappa shape index (κ1) is 9.48. The van der Waals surface area contributed by atoms with Crippen LogP contribution in [0.3, 0.4) is 0 Å². The highest BCUT2D eigenvalue weighted by molar-refractivity contribution is 5.66. The molecule has 0 aliphatic carbocycles. The molecule has 1 aliphatic rings. The van der Waals surface area contributed by atoms with Crippen LogP contribution < -0.4 is 5.32 Å². The van der Waals surface area contributed by atoms with Gasteiger partial charge >= 0.3 is 5.97 Å². The Hall–Kier alpha value is -0.610. The number of esters is 1. The van der Waals surface area contributed by atoms with Crippen molar-refractivity contribution in [3.63, 3.8) is 0 Å². The molecule has 2 unspecified atom stereocenters. The van der Waals surface area contributed by atoms with Crippen LogP contribution in [0.4, 0.5) is 0 Å². The highest BCUT2D eigenvalue weighted by Gasteiger charge is 2.30. The molecule has 0 aromatic carbocycles. The first-order chi connectivity index (χ1) is 5.61. The van der Waals surface area contributed by atoms with Gasteiger partial charge in [-0.3, -0.25) is 4.79 Å². The van der Waals surface area contributed by atoms with E-state index in [0.717, 1.165) is 13.1 Å². The molecule has 1 aliphatic heterocycles. The Morgan fingerprint density at radius 3 is 2.67 bits per heavy atom. The van der Waals surface area contributed by atoms with Gasteiger partial charge in [-0.2, -0.15) is 0 Å². The number of ether oxygens (including phenoxy) is 1. The quantitative estimate of drug-likeness (QED) is 0.568. The van der Waals surface area contributed by atoms with Crippen LogP contribution in [-0.4, -0.2) is 50.2 Å². The highest BCUT2D eigenvalue weighted by Crippen LogP contribution is 2.09. The summed E-state index contributed by atoms with van der Waals surface area (Å²) in [5.74, 6) is -0.199. The minimum atomic E-state index is -0.199. The van der Waals surface area contributed by atoms with Crippen LogP contribution in [0.25, 0.3) is 0 Å². The van der Waals surface area contributed by atoms with E-state index in [-0.39, 0.29) is 12.1 Å². The molecule has 0 amide bonds. The number of likely N-dealkylation sites (N-methyl/N-ethyl adjacent to an activating group) is 1. The molecule has 1 rings (SSSR count). The second-order valence-electron chi connectivity index (χ2n) is 3.34. The standard InChI is InChI=1S/C8H16N2O2/c1-6(11)12-8-5-9-4-7(8)10(2)3/h7-9H,4-5H2,1-3H3. The van der Waals surface area contributed by atoms with Gasteiger partial charge in [0.25, 0.3) is 0 Å². The number of carbonyl (C=O) groups is 1. The second kappa shape index (κ2) is 3.87. The summed E-state index contributed by atoms with van der Waals surface area (Å²) in [6.07, 6.45) is 0.0116. The van der Waals surface area contributed by atoms with Gasteiger partial charge < -0.3 is 15.0 Å². The van der Waals surface area contributed by atoms with Gasteiger partial charge in [0, 0.05) is 20.0 Å². The predicted molar refractivity (Wildman–Crippen MR) is 45.9 cm³/mol. The molecule has 0 radical (unpaired) electrons. The summed E-state index contributed by atoms with van der Waals surface area (Å²) < 4.78 is 5.14. The van der Waals surface area contributed by atoms with Gasteiger partial charge in [0.2, 0.25) is 0 Å². The molecule has 0 aromatic heterocycles. The average Bonchev–Trinajstić information content (AvgIpc) is 2.33. The van der Waals surface area contributed by atoms with Gasteiger partial charge in [0.05, 0.1) is 6.04 Å². The van der Waals surface area contributed by atoms with Crippen LogP contribution in [0.2, 0.25) is 0 Å². The van der Waals surface area contributed by atoms with Crippen LogP contribution in [0, 0.1) is 0 Å². The lowest BCUT2D eigenvalue weighted by atomic mass is 10.2. The van der Waals surface area contributed by atoms with Crippen LogP contribution >= 0.6 is 0 Å². The monoisotopic (exact) mass is 172 g/mol. The van der Waals surface area contributed by atoms with Crippen molar-refractivity contribution in [3.05, 3.63) is 0 Å². The van der Waals surface area contributed by atoms with Gasteiger partial charge in [0.1, 0.15) is 6.10 Å². The molecule has 0 aromatic rings. The molecule has 1 fully saturated rings. The van der Waals surface area contributed by atoms with E-state index in [1.165, 1.54) is 6.92 Å². The fourth-order valence-electron chi connectivity index (χ4n) is 1.49. The van der Waals surface area contributed by atoms with E-state index >= 15 is 0 Å². The molecule has 4 nitrogen and oxygen atoms in total. The Labute approximate surface area is 72.9 Å². The number of carbonyl (C=O) groups excluding carboxylic acids is 1. The van der Waals surface area contributed by atoms with Crippen molar-refractivity contribution in [2.45, 2.75) is 19.1 Å². The van der Waals surface area contributed by atoms with Crippen molar-refractivity contribution in [3.8, 4) is 0 Å². The molecule has 1 N–H and O–H groups in total. The largest absolute Gasteiger partial charge is 0.459 e. The summed E-state index contributed by atoms with van der Waals surface area (Å²) in [5.41, 5.74) is 0. The van der Waals surface area contributed by atoms with Gasteiger partial charge in [-0.25, -0.2) is 0 Å². The van der Waals surface area contributed by atoms with Crippen LogP contribution in [0.5, 0.6) is 0 Å². The molecule has 1 heterocycles. The zero-order valence-electron chi connectivity index (χ0n) is 7.83. The number of nitrogens with zero attached hydrogens (tertiary/aromatic N) is 1. The van der Waals surface area contributed by atoms with E-state index in [2.05, 4.69) is 10.2 Å². The third kappa shape index (κ3) is 2.19. The summed E-state index contributed by atoms with van der Waals surface area (Å²) in [5, 5.41) is 3.19. The summed E-state index contributed by atoms with van der Waals surface area (Å²) in [7, 11) is 3.99. The van der Waals surface area contributed by atoms with E-state index < -0.39 is 0 Å². The van der Waals surface area contributed by atoms with E-state index in [1.54, 1.807) is 0 Å². The van der Waals surface area contributed by atoms with Crippen molar-refractivity contribution >= 4 is 5.97 Å². The predicted octanol–water partition coefficient (Wildman–Crippen LogP) is -0.548.